The molecule has 1 heterocycles. The van der Waals surface area contributed by atoms with Crippen molar-refractivity contribution in [3.8, 4) is 0 Å². The van der Waals surface area contributed by atoms with E-state index in [4.69, 9.17) is 16.3 Å². The molecule has 14 heavy (non-hydrogen) atoms. The van der Waals surface area contributed by atoms with Crippen molar-refractivity contribution >= 4 is 17.3 Å². The van der Waals surface area contributed by atoms with E-state index in [2.05, 4.69) is 10.3 Å². The lowest BCUT2D eigenvalue weighted by atomic mass is 10.3. The molecule has 4 heteroatoms. The highest BCUT2D eigenvalue weighted by Gasteiger charge is 1.93. The van der Waals surface area contributed by atoms with Crippen LogP contribution in [0.25, 0.3) is 0 Å². The zero-order valence-corrected chi connectivity index (χ0v) is 9.05. The van der Waals surface area contributed by atoms with Crippen molar-refractivity contribution in [3.63, 3.8) is 0 Å². The second-order valence-electron chi connectivity index (χ2n) is 2.99. The van der Waals surface area contributed by atoms with E-state index in [9.17, 15) is 0 Å². The lowest BCUT2D eigenvalue weighted by Gasteiger charge is -2.05. The van der Waals surface area contributed by atoms with Crippen molar-refractivity contribution in [2.24, 2.45) is 0 Å². The monoisotopic (exact) mass is 214 g/mol. The maximum Gasteiger partial charge on any atom is 0.131 e. The van der Waals surface area contributed by atoms with Gasteiger partial charge in [-0.3, -0.25) is 0 Å². The molecule has 1 aromatic heterocycles. The minimum atomic E-state index is 0.520. The van der Waals surface area contributed by atoms with Gasteiger partial charge in [0.1, 0.15) is 5.15 Å². The minimum Gasteiger partial charge on any atom is -0.385 e. The number of rotatable bonds is 6. The average Bonchev–Trinajstić information content (AvgIpc) is 2.18. The second kappa shape index (κ2) is 6.62. The van der Waals surface area contributed by atoms with Crippen molar-refractivity contribution in [2.45, 2.75) is 12.8 Å². The average molecular weight is 215 g/mol. The molecule has 0 saturated heterocycles. The van der Waals surface area contributed by atoms with Gasteiger partial charge in [-0.2, -0.15) is 0 Å². The van der Waals surface area contributed by atoms with Gasteiger partial charge in [0, 0.05) is 32.1 Å². The predicted molar refractivity (Wildman–Crippen MR) is 58.8 cm³/mol. The number of anilines is 1. The Hall–Kier alpha value is -0.800. The smallest absolute Gasteiger partial charge is 0.131 e. The number of nitrogens with zero attached hydrogens (tertiary/aromatic N) is 1. The van der Waals surface area contributed by atoms with E-state index in [1.54, 1.807) is 13.3 Å². The van der Waals surface area contributed by atoms with E-state index >= 15 is 0 Å². The van der Waals surface area contributed by atoms with Gasteiger partial charge in [0.15, 0.2) is 0 Å². The molecule has 3 nitrogen and oxygen atoms in total. The molecule has 0 amide bonds. The molecule has 1 rings (SSSR count). The third kappa shape index (κ3) is 4.44. The van der Waals surface area contributed by atoms with Crippen LogP contribution in [0.1, 0.15) is 12.8 Å². The van der Waals surface area contributed by atoms with Gasteiger partial charge in [-0.05, 0) is 25.0 Å². The fourth-order valence-corrected chi connectivity index (χ4v) is 1.29. The van der Waals surface area contributed by atoms with Gasteiger partial charge in [0.25, 0.3) is 0 Å². The van der Waals surface area contributed by atoms with Crippen molar-refractivity contribution < 1.29 is 4.74 Å². The molecule has 0 aromatic carbocycles. The highest BCUT2D eigenvalue weighted by molar-refractivity contribution is 6.29. The Labute approximate surface area is 89.4 Å². The van der Waals surface area contributed by atoms with E-state index in [-0.39, 0.29) is 0 Å². The molecule has 0 aliphatic carbocycles. The highest BCUT2D eigenvalue weighted by atomic mass is 35.5. The van der Waals surface area contributed by atoms with Crippen LogP contribution < -0.4 is 5.32 Å². The van der Waals surface area contributed by atoms with Crippen LogP contribution in [-0.2, 0) is 4.74 Å². The number of hydrogen-bond acceptors (Lipinski definition) is 3. The molecule has 78 valence electrons. The van der Waals surface area contributed by atoms with Gasteiger partial charge in [0.05, 0.1) is 0 Å². The molecule has 0 saturated carbocycles. The molecule has 0 unspecified atom stereocenters. The predicted octanol–water partition coefficient (Wildman–Crippen LogP) is 2.57. The SMILES string of the molecule is COCCCCNc1ccnc(Cl)c1. The molecular weight excluding hydrogens is 200 g/mol. The van der Waals surface area contributed by atoms with E-state index in [0.717, 1.165) is 31.7 Å². The quantitative estimate of drug-likeness (QED) is 0.584. The third-order valence-corrected chi connectivity index (χ3v) is 2.04. The second-order valence-corrected chi connectivity index (χ2v) is 3.38. The van der Waals surface area contributed by atoms with Crippen LogP contribution in [0.15, 0.2) is 18.3 Å². The van der Waals surface area contributed by atoms with Gasteiger partial charge in [-0.1, -0.05) is 11.6 Å². The van der Waals surface area contributed by atoms with Crippen molar-refractivity contribution in [1.29, 1.82) is 0 Å². The number of hydrogen-bond donors (Lipinski definition) is 1. The fourth-order valence-electron chi connectivity index (χ4n) is 1.12. The number of aromatic nitrogens is 1. The summed E-state index contributed by atoms with van der Waals surface area (Å²) in [4.78, 5) is 3.90. The van der Waals surface area contributed by atoms with E-state index in [1.165, 1.54) is 0 Å². The number of pyridine rings is 1. The lowest BCUT2D eigenvalue weighted by molar-refractivity contribution is 0.194. The highest BCUT2D eigenvalue weighted by Crippen LogP contribution is 2.11. The number of unbranched alkanes of at least 4 members (excludes halogenated alkanes) is 1. The Morgan fingerprint density at radius 1 is 1.50 bits per heavy atom. The zero-order valence-electron chi connectivity index (χ0n) is 8.29. The number of ether oxygens (including phenoxy) is 1. The van der Waals surface area contributed by atoms with Crippen LogP contribution in [0.3, 0.4) is 0 Å². The standard InChI is InChI=1S/C10H15ClN2O/c1-14-7-3-2-5-12-9-4-6-13-10(11)8-9/h4,6,8H,2-3,5,7H2,1H3,(H,12,13). The largest absolute Gasteiger partial charge is 0.385 e. The molecule has 0 aliphatic rings. The van der Waals surface area contributed by atoms with Crippen molar-refractivity contribution in [2.75, 3.05) is 25.6 Å². The molecule has 0 radical (unpaired) electrons. The maximum absolute atomic E-state index is 5.74. The first-order valence-electron chi connectivity index (χ1n) is 4.67. The van der Waals surface area contributed by atoms with Crippen LogP contribution in [0, 0.1) is 0 Å². The van der Waals surface area contributed by atoms with Crippen LogP contribution in [0.2, 0.25) is 5.15 Å². The van der Waals surface area contributed by atoms with E-state index in [0.29, 0.717) is 5.15 Å². The first kappa shape index (κ1) is 11.3. The summed E-state index contributed by atoms with van der Waals surface area (Å²) in [7, 11) is 1.72. The van der Waals surface area contributed by atoms with Crippen molar-refractivity contribution in [1.82, 2.24) is 4.98 Å². The number of nitrogens with one attached hydrogen (secondary N) is 1. The summed E-state index contributed by atoms with van der Waals surface area (Å²) >= 11 is 5.74. The molecule has 1 aromatic rings. The Balaban J connectivity index is 2.18. The summed E-state index contributed by atoms with van der Waals surface area (Å²) in [5.41, 5.74) is 1.02. The third-order valence-electron chi connectivity index (χ3n) is 1.83. The molecular formula is C10H15ClN2O. The zero-order chi connectivity index (χ0) is 10.2. The lowest BCUT2D eigenvalue weighted by Crippen LogP contribution is -2.02. The Bertz CT molecular complexity index is 268. The van der Waals surface area contributed by atoms with Crippen LogP contribution >= 0.6 is 11.6 Å². The summed E-state index contributed by atoms with van der Waals surface area (Å²) < 4.78 is 4.95. The van der Waals surface area contributed by atoms with Gasteiger partial charge >= 0.3 is 0 Å². The number of halogens is 1. The Morgan fingerprint density at radius 3 is 3.07 bits per heavy atom. The van der Waals surface area contributed by atoms with Crippen LogP contribution in [-0.4, -0.2) is 25.2 Å². The van der Waals surface area contributed by atoms with Crippen molar-refractivity contribution in [3.05, 3.63) is 23.5 Å². The molecule has 0 spiro atoms. The topological polar surface area (TPSA) is 34.1 Å². The molecule has 0 fully saturated rings. The van der Waals surface area contributed by atoms with Gasteiger partial charge < -0.3 is 10.1 Å². The van der Waals surface area contributed by atoms with Gasteiger partial charge in [0.2, 0.25) is 0 Å². The Kier molecular flexibility index (Phi) is 5.33. The molecule has 0 bridgehead atoms. The van der Waals surface area contributed by atoms with Gasteiger partial charge in [-0.25, -0.2) is 4.98 Å². The minimum absolute atomic E-state index is 0.520. The molecule has 0 atom stereocenters. The fraction of sp³-hybridized carbons (Fsp3) is 0.500. The number of methoxy groups -OCH3 is 1. The first-order chi connectivity index (χ1) is 6.83. The Morgan fingerprint density at radius 2 is 2.36 bits per heavy atom. The van der Waals surface area contributed by atoms with Gasteiger partial charge in [-0.15, -0.1) is 0 Å². The molecule has 0 aliphatic heterocycles. The summed E-state index contributed by atoms with van der Waals surface area (Å²) in [6.07, 6.45) is 3.86. The summed E-state index contributed by atoms with van der Waals surface area (Å²) in [6.45, 7) is 1.75. The summed E-state index contributed by atoms with van der Waals surface area (Å²) in [5, 5.41) is 3.78. The van der Waals surface area contributed by atoms with Crippen LogP contribution in [0.4, 0.5) is 5.69 Å². The first-order valence-corrected chi connectivity index (χ1v) is 5.05. The van der Waals surface area contributed by atoms with E-state index < -0.39 is 0 Å². The maximum atomic E-state index is 5.74. The molecule has 1 N–H and O–H groups in total. The normalized spacial score (nSPS) is 10.1. The summed E-state index contributed by atoms with van der Waals surface area (Å²) in [5.74, 6) is 0. The van der Waals surface area contributed by atoms with E-state index in [1.807, 2.05) is 12.1 Å². The summed E-state index contributed by atoms with van der Waals surface area (Å²) in [6, 6.07) is 3.72. The van der Waals surface area contributed by atoms with Crippen LogP contribution in [0.5, 0.6) is 0 Å².